The lowest BCUT2D eigenvalue weighted by Gasteiger charge is -2.17. The fourth-order valence-electron chi connectivity index (χ4n) is 2.88. The quantitative estimate of drug-likeness (QED) is 0.323. The van der Waals surface area contributed by atoms with Gasteiger partial charge in [-0.15, -0.1) is 0 Å². The number of aliphatic hydroxyl groups excluding tert-OH is 2. The number of benzene rings is 1. The van der Waals surface area contributed by atoms with Crippen molar-refractivity contribution in [2.75, 3.05) is 13.2 Å². The van der Waals surface area contributed by atoms with E-state index in [2.05, 4.69) is 17.5 Å². The van der Waals surface area contributed by atoms with Gasteiger partial charge in [-0.1, -0.05) is 69.4 Å². The molecule has 2 rings (SSSR count). The molecule has 6 heteroatoms. The molecule has 34 heavy (non-hydrogen) atoms. The Morgan fingerprint density at radius 2 is 1.85 bits per heavy atom. The third kappa shape index (κ3) is 12.9. The van der Waals surface area contributed by atoms with Crippen LogP contribution in [0.2, 0.25) is 0 Å². The zero-order chi connectivity index (χ0) is 25.8. The van der Waals surface area contributed by atoms with Gasteiger partial charge in [0.15, 0.2) is 0 Å². The number of allylic oxidation sites excluding steroid dienone is 7. The van der Waals surface area contributed by atoms with E-state index in [1.807, 2.05) is 45.1 Å². The molecule has 0 saturated heterocycles. The molecular weight excluding hydrogens is 433 g/mol. The maximum Gasteiger partial charge on any atom is 0.303 e. The van der Waals surface area contributed by atoms with Gasteiger partial charge in [0.1, 0.15) is 5.82 Å². The van der Waals surface area contributed by atoms with E-state index in [4.69, 9.17) is 10.2 Å². The normalized spacial score (nSPS) is 14.0. The maximum atomic E-state index is 13.4. The van der Waals surface area contributed by atoms with Gasteiger partial charge in [-0.2, -0.15) is 0 Å². The second-order valence-corrected chi connectivity index (χ2v) is 7.04. The molecule has 4 N–H and O–H groups in total. The van der Waals surface area contributed by atoms with Crippen LogP contribution in [0.15, 0.2) is 78.1 Å². The molecule has 1 unspecified atom stereocenters. The first kappa shape index (κ1) is 31.0. The van der Waals surface area contributed by atoms with Crippen molar-refractivity contribution < 1.29 is 24.5 Å². The van der Waals surface area contributed by atoms with E-state index < -0.39 is 12.1 Å². The summed E-state index contributed by atoms with van der Waals surface area (Å²) < 4.78 is 13.4. The predicted octanol–water partition coefficient (Wildman–Crippen LogP) is 5.79. The molecule has 0 bridgehead atoms. The van der Waals surface area contributed by atoms with E-state index in [0.29, 0.717) is 12.8 Å². The van der Waals surface area contributed by atoms with Crippen LogP contribution in [-0.2, 0) is 4.79 Å². The van der Waals surface area contributed by atoms with Crippen LogP contribution >= 0.6 is 0 Å². The third-order valence-electron chi connectivity index (χ3n) is 4.52. The van der Waals surface area contributed by atoms with Gasteiger partial charge >= 0.3 is 5.97 Å². The topological polar surface area (TPSA) is 89.8 Å². The first-order chi connectivity index (χ1) is 16.4. The monoisotopic (exact) mass is 473 g/mol. The standard InChI is InChI=1S/C23H28FNO2.C3H6O2.C2H6/c1-2-25-23-12-5-3-4-10-22(23)21(18-13-15-19(24)16-14-18)11-6-8-20(27)9-7-17-26;1-2-3(4)5;1-2/h3,5-6,8,10-16,20,25-27H,2,4,7,9,17H2,1H3;2H2,1H3,(H,4,5);1-2H3/b8-6+,21-11+;;. The number of carbonyl (C=O) groups is 1. The fourth-order valence-corrected chi connectivity index (χ4v) is 2.88. The van der Waals surface area contributed by atoms with Crippen LogP contribution in [0.4, 0.5) is 4.39 Å². The molecule has 0 fully saturated rings. The number of aliphatic hydroxyl groups is 2. The molecule has 1 atom stereocenters. The van der Waals surface area contributed by atoms with E-state index in [1.54, 1.807) is 25.1 Å². The molecule has 1 aromatic rings. The molecular formula is C28H40FNO4. The number of hydrogen-bond acceptors (Lipinski definition) is 4. The van der Waals surface area contributed by atoms with Crippen molar-refractivity contribution in [2.45, 2.75) is 59.5 Å². The Kier molecular flexibility index (Phi) is 17.8. The molecule has 1 aromatic carbocycles. The van der Waals surface area contributed by atoms with Gasteiger partial charge in [0.2, 0.25) is 0 Å². The van der Waals surface area contributed by atoms with Crippen molar-refractivity contribution in [1.82, 2.24) is 5.32 Å². The molecule has 5 nitrogen and oxygen atoms in total. The minimum atomic E-state index is -0.745. The van der Waals surface area contributed by atoms with Crippen LogP contribution in [0, 0.1) is 5.82 Å². The van der Waals surface area contributed by atoms with Crippen LogP contribution in [0.5, 0.6) is 0 Å². The number of carboxylic acids is 1. The summed E-state index contributed by atoms with van der Waals surface area (Å²) in [6.07, 6.45) is 15.3. The van der Waals surface area contributed by atoms with Crippen molar-refractivity contribution in [3.63, 3.8) is 0 Å². The molecule has 188 valence electrons. The molecule has 0 aromatic heterocycles. The summed E-state index contributed by atoms with van der Waals surface area (Å²) in [5.74, 6) is -1.02. The first-order valence-electron chi connectivity index (χ1n) is 11.9. The summed E-state index contributed by atoms with van der Waals surface area (Å²) in [5, 5.41) is 29.9. The van der Waals surface area contributed by atoms with Gasteiger partial charge in [0.05, 0.1) is 6.10 Å². The second kappa shape index (κ2) is 19.5. The molecule has 0 spiro atoms. The summed E-state index contributed by atoms with van der Waals surface area (Å²) in [4.78, 5) is 9.37. The summed E-state index contributed by atoms with van der Waals surface area (Å²) >= 11 is 0. The summed E-state index contributed by atoms with van der Waals surface area (Å²) in [7, 11) is 0. The van der Waals surface area contributed by atoms with Gasteiger partial charge in [0.25, 0.3) is 0 Å². The number of nitrogens with one attached hydrogen (secondary N) is 1. The van der Waals surface area contributed by atoms with E-state index in [0.717, 1.165) is 35.4 Å². The molecule has 0 aliphatic heterocycles. The third-order valence-corrected chi connectivity index (χ3v) is 4.52. The Bertz CT molecular complexity index is 852. The minimum Gasteiger partial charge on any atom is -0.481 e. The molecule has 1 aliphatic carbocycles. The van der Waals surface area contributed by atoms with Crippen molar-refractivity contribution in [2.24, 2.45) is 0 Å². The van der Waals surface area contributed by atoms with Crippen LogP contribution in [0.3, 0.4) is 0 Å². The summed E-state index contributed by atoms with van der Waals surface area (Å²) in [6.45, 7) is 8.51. The molecule has 0 radical (unpaired) electrons. The Labute approximate surface area is 203 Å². The summed E-state index contributed by atoms with van der Waals surface area (Å²) in [5.41, 5.74) is 3.92. The van der Waals surface area contributed by atoms with Gasteiger partial charge in [-0.3, -0.25) is 4.79 Å². The molecule has 0 saturated carbocycles. The van der Waals surface area contributed by atoms with Crippen LogP contribution in [0.1, 0.15) is 58.9 Å². The molecule has 1 aliphatic rings. The first-order valence-corrected chi connectivity index (χ1v) is 11.9. The number of hydrogen-bond donors (Lipinski definition) is 4. The Balaban J connectivity index is 0.00000138. The lowest BCUT2D eigenvalue weighted by atomic mass is 9.94. The van der Waals surface area contributed by atoms with E-state index in [9.17, 15) is 14.3 Å². The Hall–Kier alpha value is -2.96. The van der Waals surface area contributed by atoms with Gasteiger partial charge in [-0.05, 0) is 55.5 Å². The SMILES string of the molecule is CC.CCC(=O)O.CCNC1=CC=CCC=C1/C(=C/C=C/C(O)CCCO)c1ccc(F)cc1. The number of carboxylic acid groups (broad SMARTS) is 1. The van der Waals surface area contributed by atoms with Crippen LogP contribution in [-0.4, -0.2) is 40.5 Å². The van der Waals surface area contributed by atoms with Gasteiger partial charge in [0, 0.05) is 30.8 Å². The van der Waals surface area contributed by atoms with Crippen LogP contribution < -0.4 is 5.32 Å². The fraction of sp³-hybridized carbons (Fsp3) is 0.393. The largest absolute Gasteiger partial charge is 0.481 e. The zero-order valence-corrected chi connectivity index (χ0v) is 20.8. The average molecular weight is 474 g/mol. The second-order valence-electron chi connectivity index (χ2n) is 7.04. The number of likely N-dealkylation sites (N-methyl/N-ethyl adjacent to an activating group) is 1. The highest BCUT2D eigenvalue weighted by Gasteiger charge is 2.13. The molecule has 0 heterocycles. The maximum absolute atomic E-state index is 13.4. The molecule has 0 amide bonds. The number of aliphatic carboxylic acids is 1. The van der Waals surface area contributed by atoms with Crippen molar-refractivity contribution in [3.05, 3.63) is 89.4 Å². The lowest BCUT2D eigenvalue weighted by Crippen LogP contribution is -2.14. The highest BCUT2D eigenvalue weighted by Crippen LogP contribution is 2.30. The average Bonchev–Trinajstić information content (AvgIpc) is 3.08. The number of rotatable bonds is 10. The van der Waals surface area contributed by atoms with Crippen LogP contribution in [0.25, 0.3) is 5.57 Å². The lowest BCUT2D eigenvalue weighted by molar-refractivity contribution is -0.136. The van der Waals surface area contributed by atoms with Crippen molar-refractivity contribution >= 4 is 11.5 Å². The Morgan fingerprint density at radius 3 is 2.41 bits per heavy atom. The highest BCUT2D eigenvalue weighted by molar-refractivity contribution is 5.84. The highest BCUT2D eigenvalue weighted by atomic mass is 19.1. The van der Waals surface area contributed by atoms with E-state index in [-0.39, 0.29) is 18.8 Å². The van der Waals surface area contributed by atoms with E-state index >= 15 is 0 Å². The zero-order valence-electron chi connectivity index (χ0n) is 20.8. The minimum absolute atomic E-state index is 0.0678. The van der Waals surface area contributed by atoms with Gasteiger partial charge in [-0.25, -0.2) is 4.39 Å². The predicted molar refractivity (Wildman–Crippen MR) is 139 cm³/mol. The van der Waals surface area contributed by atoms with Gasteiger partial charge < -0.3 is 20.6 Å². The summed E-state index contributed by atoms with van der Waals surface area (Å²) in [6, 6.07) is 6.43. The Morgan fingerprint density at radius 1 is 1.21 bits per heavy atom. The van der Waals surface area contributed by atoms with E-state index in [1.165, 1.54) is 12.1 Å². The van der Waals surface area contributed by atoms with Crippen molar-refractivity contribution in [3.8, 4) is 0 Å². The van der Waals surface area contributed by atoms with Crippen molar-refractivity contribution in [1.29, 1.82) is 0 Å². The smallest absolute Gasteiger partial charge is 0.303 e. The number of halogens is 1.